The number of hydrogen-bond acceptors (Lipinski definition) is 4. The Morgan fingerprint density at radius 1 is 0.583 bits per heavy atom. The summed E-state index contributed by atoms with van der Waals surface area (Å²) in [6, 6.07) is 8.44. The average Bonchev–Trinajstić information content (AvgIpc) is 2.88. The first-order chi connectivity index (χ1) is 17.7. The highest BCUT2D eigenvalue weighted by Gasteiger charge is 2.44. The molecule has 0 fully saturated rings. The van der Waals surface area contributed by atoms with E-state index in [4.69, 9.17) is 18.9 Å². The molecule has 4 heteroatoms. The second-order valence-electron chi connectivity index (χ2n) is 9.87. The van der Waals surface area contributed by atoms with Gasteiger partial charge < -0.3 is 18.9 Å². The number of para-hydroxylation sites is 1. The van der Waals surface area contributed by atoms with Crippen molar-refractivity contribution >= 4 is 0 Å². The summed E-state index contributed by atoms with van der Waals surface area (Å²) < 4.78 is 25.2. The van der Waals surface area contributed by atoms with Gasteiger partial charge in [-0.3, -0.25) is 0 Å². The predicted molar refractivity (Wildman–Crippen MR) is 153 cm³/mol. The summed E-state index contributed by atoms with van der Waals surface area (Å²) in [5, 5.41) is 0. The second kappa shape index (κ2) is 21.9. The van der Waals surface area contributed by atoms with Crippen LogP contribution in [0.4, 0.5) is 0 Å². The van der Waals surface area contributed by atoms with Crippen LogP contribution in [0.5, 0.6) is 5.75 Å². The highest BCUT2D eigenvalue weighted by Crippen LogP contribution is 2.42. The van der Waals surface area contributed by atoms with Gasteiger partial charge in [0.2, 0.25) is 0 Å². The van der Waals surface area contributed by atoms with Crippen molar-refractivity contribution in [2.75, 3.05) is 26.4 Å². The maximum atomic E-state index is 6.39. The van der Waals surface area contributed by atoms with Gasteiger partial charge in [0.25, 0.3) is 5.97 Å². The third-order valence-corrected chi connectivity index (χ3v) is 6.86. The van der Waals surface area contributed by atoms with Gasteiger partial charge >= 0.3 is 0 Å². The van der Waals surface area contributed by atoms with Crippen LogP contribution in [0.3, 0.4) is 0 Å². The molecular formula is C32H58O4. The van der Waals surface area contributed by atoms with Crippen LogP contribution in [0.1, 0.15) is 142 Å². The van der Waals surface area contributed by atoms with Gasteiger partial charge in [-0.05, 0) is 39.7 Å². The molecule has 1 aromatic rings. The number of unbranched alkanes of at least 4 members (excludes halogenated alkanes) is 12. The van der Waals surface area contributed by atoms with Crippen molar-refractivity contribution in [1.82, 2.24) is 0 Å². The van der Waals surface area contributed by atoms with E-state index < -0.39 is 5.97 Å². The van der Waals surface area contributed by atoms with Crippen LogP contribution in [0.25, 0.3) is 0 Å². The van der Waals surface area contributed by atoms with E-state index in [1.807, 2.05) is 20.8 Å². The monoisotopic (exact) mass is 506 g/mol. The quantitative estimate of drug-likeness (QED) is 0.0976. The molecule has 0 aliphatic rings. The lowest BCUT2D eigenvalue weighted by atomic mass is 9.89. The highest BCUT2D eigenvalue weighted by molar-refractivity contribution is 5.37. The minimum Gasteiger partial charge on any atom is -0.493 e. The van der Waals surface area contributed by atoms with Crippen LogP contribution in [0, 0.1) is 0 Å². The molecule has 0 aliphatic heterocycles. The molecule has 1 aromatic carbocycles. The second-order valence-corrected chi connectivity index (χ2v) is 9.87. The fourth-order valence-electron chi connectivity index (χ4n) is 5.00. The van der Waals surface area contributed by atoms with E-state index in [-0.39, 0.29) is 5.92 Å². The molecule has 0 aromatic heterocycles. The fourth-order valence-corrected chi connectivity index (χ4v) is 5.00. The molecule has 1 unspecified atom stereocenters. The van der Waals surface area contributed by atoms with Crippen molar-refractivity contribution in [3.8, 4) is 5.75 Å². The van der Waals surface area contributed by atoms with Gasteiger partial charge in [0.15, 0.2) is 0 Å². The Morgan fingerprint density at radius 2 is 1.06 bits per heavy atom. The van der Waals surface area contributed by atoms with E-state index in [1.165, 1.54) is 77.0 Å². The number of benzene rings is 1. The smallest absolute Gasteiger partial charge is 0.290 e. The molecule has 0 bridgehead atoms. The van der Waals surface area contributed by atoms with E-state index in [0.717, 1.165) is 37.2 Å². The van der Waals surface area contributed by atoms with Crippen LogP contribution in [-0.4, -0.2) is 32.4 Å². The van der Waals surface area contributed by atoms with Crippen LogP contribution in [0.2, 0.25) is 0 Å². The van der Waals surface area contributed by atoms with Gasteiger partial charge in [0.05, 0.1) is 12.5 Å². The summed E-state index contributed by atoms with van der Waals surface area (Å²) in [6.45, 7) is 12.9. The van der Waals surface area contributed by atoms with Crippen molar-refractivity contribution in [2.45, 2.75) is 143 Å². The molecule has 0 radical (unpaired) electrons. The first-order valence-corrected chi connectivity index (χ1v) is 15.3. The minimum atomic E-state index is -1.08. The largest absolute Gasteiger partial charge is 0.493 e. The SMILES string of the molecule is CCCCCCCCCCOc1ccccc1C(CCCCCCCC)C(OCC)(OCC)OCC. The van der Waals surface area contributed by atoms with Gasteiger partial charge in [0, 0.05) is 25.4 Å². The molecule has 0 amide bonds. The molecule has 0 heterocycles. The van der Waals surface area contributed by atoms with Gasteiger partial charge in [-0.15, -0.1) is 0 Å². The summed E-state index contributed by atoms with van der Waals surface area (Å²) in [5.74, 6) is -0.183. The molecule has 1 atom stereocenters. The first-order valence-electron chi connectivity index (χ1n) is 15.3. The van der Waals surface area contributed by atoms with Crippen molar-refractivity contribution in [3.63, 3.8) is 0 Å². The van der Waals surface area contributed by atoms with E-state index in [1.54, 1.807) is 0 Å². The lowest BCUT2D eigenvalue weighted by Crippen LogP contribution is -2.45. The molecule has 0 saturated heterocycles. The third-order valence-electron chi connectivity index (χ3n) is 6.86. The van der Waals surface area contributed by atoms with Crippen LogP contribution in [-0.2, 0) is 14.2 Å². The Kier molecular flexibility index (Phi) is 20.1. The van der Waals surface area contributed by atoms with E-state index in [0.29, 0.717) is 19.8 Å². The van der Waals surface area contributed by atoms with Crippen LogP contribution in [0.15, 0.2) is 24.3 Å². The molecule has 4 nitrogen and oxygen atoms in total. The summed E-state index contributed by atoms with van der Waals surface area (Å²) >= 11 is 0. The predicted octanol–water partition coefficient (Wildman–Crippen LogP) is 9.80. The topological polar surface area (TPSA) is 36.9 Å². The van der Waals surface area contributed by atoms with Crippen LogP contribution < -0.4 is 4.74 Å². The van der Waals surface area contributed by atoms with Crippen molar-refractivity contribution in [1.29, 1.82) is 0 Å². The first kappa shape index (κ1) is 32.9. The van der Waals surface area contributed by atoms with Crippen molar-refractivity contribution < 1.29 is 18.9 Å². The Labute approximate surface area is 223 Å². The highest BCUT2D eigenvalue weighted by atomic mass is 16.9. The molecule has 0 spiro atoms. The maximum absolute atomic E-state index is 6.39. The van der Waals surface area contributed by atoms with E-state index in [2.05, 4.69) is 38.1 Å². The number of rotatable bonds is 25. The Morgan fingerprint density at radius 3 is 1.58 bits per heavy atom. The number of hydrogen-bond donors (Lipinski definition) is 0. The standard InChI is InChI=1S/C32H58O4/c1-6-11-13-15-17-18-20-24-28-33-31-27-23-22-25-29(31)30(26-21-19-16-14-12-7-2)32(34-8-3,35-9-4)36-10-5/h22-23,25,27,30H,6-21,24,26,28H2,1-5H3. The Hall–Kier alpha value is -1.10. The Bertz CT molecular complexity index is 601. The lowest BCUT2D eigenvalue weighted by molar-refractivity contribution is -0.389. The van der Waals surface area contributed by atoms with E-state index >= 15 is 0 Å². The van der Waals surface area contributed by atoms with Gasteiger partial charge in [-0.1, -0.05) is 116 Å². The van der Waals surface area contributed by atoms with Crippen molar-refractivity contribution in [3.05, 3.63) is 29.8 Å². The fraction of sp³-hybridized carbons (Fsp3) is 0.812. The maximum Gasteiger partial charge on any atom is 0.290 e. The average molecular weight is 507 g/mol. The molecule has 0 saturated carbocycles. The molecule has 0 aliphatic carbocycles. The molecule has 1 rings (SSSR count). The lowest BCUT2D eigenvalue weighted by Gasteiger charge is -2.39. The summed E-state index contributed by atoms with van der Waals surface area (Å²) in [4.78, 5) is 0. The molecule has 0 N–H and O–H groups in total. The van der Waals surface area contributed by atoms with Gasteiger partial charge in [-0.25, -0.2) is 0 Å². The van der Waals surface area contributed by atoms with Crippen LogP contribution >= 0.6 is 0 Å². The third kappa shape index (κ3) is 12.9. The zero-order chi connectivity index (χ0) is 26.3. The molecule has 210 valence electrons. The Balaban J connectivity index is 2.90. The normalized spacial score (nSPS) is 12.7. The zero-order valence-electron chi connectivity index (χ0n) is 24.5. The summed E-state index contributed by atoms with van der Waals surface area (Å²) in [6.07, 6.45) is 18.9. The molecule has 36 heavy (non-hydrogen) atoms. The minimum absolute atomic E-state index is 0.0432. The summed E-state index contributed by atoms with van der Waals surface area (Å²) in [7, 11) is 0. The zero-order valence-corrected chi connectivity index (χ0v) is 24.5. The van der Waals surface area contributed by atoms with Gasteiger partial charge in [-0.2, -0.15) is 0 Å². The number of ether oxygens (including phenoxy) is 4. The van der Waals surface area contributed by atoms with E-state index in [9.17, 15) is 0 Å². The van der Waals surface area contributed by atoms with Crippen molar-refractivity contribution in [2.24, 2.45) is 0 Å². The molecular weight excluding hydrogens is 448 g/mol. The summed E-state index contributed by atoms with van der Waals surface area (Å²) in [5.41, 5.74) is 1.14. The van der Waals surface area contributed by atoms with Gasteiger partial charge in [0.1, 0.15) is 5.75 Å².